The molecule has 9 nitrogen and oxygen atoms in total. The van der Waals surface area contributed by atoms with Gasteiger partial charge in [-0.2, -0.15) is 0 Å². The van der Waals surface area contributed by atoms with Crippen LogP contribution in [-0.4, -0.2) is 75.0 Å². The van der Waals surface area contributed by atoms with Crippen molar-refractivity contribution in [3.63, 3.8) is 0 Å². The Kier molecular flexibility index (Phi) is 5.88. The predicted molar refractivity (Wildman–Crippen MR) is 91.5 cm³/mol. The zero-order chi connectivity index (χ0) is 19.5. The van der Waals surface area contributed by atoms with Crippen LogP contribution in [0.25, 0.3) is 0 Å². The van der Waals surface area contributed by atoms with Crippen LogP contribution in [0.2, 0.25) is 0 Å². The minimum atomic E-state index is -1.30. The monoisotopic (exact) mass is 394 g/mol. The van der Waals surface area contributed by atoms with Crippen LogP contribution in [0.4, 0.5) is 0 Å². The molecule has 3 aliphatic heterocycles. The van der Waals surface area contributed by atoms with E-state index >= 15 is 0 Å². The number of aliphatic hydroxyl groups excluding tert-OH is 1. The molecule has 1 aromatic rings. The summed E-state index contributed by atoms with van der Waals surface area (Å²) in [6.07, 6.45) is -1.88. The standard InChI is InChI=1S/C19H22O9/c20-17(26-10-13-9-25-13)4-11-1-2-12(18(21)27-14-5-23-6-14)3-16(11)19(22)28-15-7-24-8-15/h1-3,13-15,19,22H,4-10H2. The van der Waals surface area contributed by atoms with Gasteiger partial charge in [0.05, 0.1) is 45.0 Å². The molecule has 0 spiro atoms. The van der Waals surface area contributed by atoms with Crippen molar-refractivity contribution in [2.24, 2.45) is 0 Å². The number of carbonyl (C=O) groups excluding carboxylic acids is 2. The van der Waals surface area contributed by atoms with Crippen molar-refractivity contribution in [3.8, 4) is 0 Å². The molecule has 0 radical (unpaired) electrons. The maximum Gasteiger partial charge on any atom is 0.338 e. The largest absolute Gasteiger partial charge is 0.463 e. The number of carbonyl (C=O) groups is 2. The van der Waals surface area contributed by atoms with Crippen LogP contribution >= 0.6 is 0 Å². The molecule has 0 aromatic heterocycles. The highest BCUT2D eigenvalue weighted by molar-refractivity contribution is 5.90. The predicted octanol–water partition coefficient (Wildman–Crippen LogP) is 0.133. The van der Waals surface area contributed by atoms with Gasteiger partial charge in [0, 0.05) is 5.56 Å². The molecule has 9 heteroatoms. The van der Waals surface area contributed by atoms with Crippen molar-refractivity contribution in [2.75, 3.05) is 39.6 Å². The van der Waals surface area contributed by atoms with E-state index in [1.807, 2.05) is 0 Å². The second-order valence-corrected chi connectivity index (χ2v) is 6.94. The first kappa shape index (κ1) is 19.3. The minimum Gasteiger partial charge on any atom is -0.463 e. The number of hydrogen-bond donors (Lipinski definition) is 1. The van der Waals surface area contributed by atoms with Crippen LogP contribution < -0.4 is 0 Å². The molecule has 1 aromatic carbocycles. The van der Waals surface area contributed by atoms with E-state index in [-0.39, 0.29) is 36.9 Å². The quantitative estimate of drug-likeness (QED) is 0.355. The summed E-state index contributed by atoms with van der Waals surface area (Å²) >= 11 is 0. The molecule has 2 atom stereocenters. The first-order chi connectivity index (χ1) is 13.6. The fourth-order valence-electron chi connectivity index (χ4n) is 2.72. The second kappa shape index (κ2) is 8.54. The highest BCUT2D eigenvalue weighted by atomic mass is 16.7. The maximum absolute atomic E-state index is 12.3. The molecule has 0 bridgehead atoms. The van der Waals surface area contributed by atoms with Crippen molar-refractivity contribution < 1.29 is 43.1 Å². The number of epoxide rings is 1. The molecular weight excluding hydrogens is 372 g/mol. The first-order valence-electron chi connectivity index (χ1n) is 9.18. The molecule has 3 saturated heterocycles. The zero-order valence-corrected chi connectivity index (χ0v) is 15.2. The van der Waals surface area contributed by atoms with Crippen molar-refractivity contribution in [3.05, 3.63) is 34.9 Å². The summed E-state index contributed by atoms with van der Waals surface area (Å²) in [5.41, 5.74) is 1.10. The number of hydrogen-bond acceptors (Lipinski definition) is 9. The summed E-state index contributed by atoms with van der Waals surface area (Å²) in [6, 6.07) is 4.64. The number of benzene rings is 1. The van der Waals surface area contributed by atoms with E-state index in [2.05, 4.69) is 0 Å². The Morgan fingerprint density at radius 2 is 1.82 bits per heavy atom. The minimum absolute atomic E-state index is 0.0245. The van der Waals surface area contributed by atoms with E-state index < -0.39 is 18.2 Å². The second-order valence-electron chi connectivity index (χ2n) is 6.94. The van der Waals surface area contributed by atoms with E-state index in [0.717, 1.165) is 0 Å². The highest BCUT2D eigenvalue weighted by Crippen LogP contribution is 2.26. The third-order valence-electron chi connectivity index (χ3n) is 4.63. The molecule has 3 heterocycles. The Morgan fingerprint density at radius 1 is 1.11 bits per heavy atom. The molecule has 3 aliphatic rings. The first-order valence-corrected chi connectivity index (χ1v) is 9.18. The van der Waals surface area contributed by atoms with Crippen molar-refractivity contribution in [1.82, 2.24) is 0 Å². The van der Waals surface area contributed by atoms with Crippen molar-refractivity contribution >= 4 is 11.9 Å². The number of aliphatic hydroxyl groups is 1. The van der Waals surface area contributed by atoms with Gasteiger partial charge in [0.1, 0.15) is 24.9 Å². The molecule has 0 amide bonds. The lowest BCUT2D eigenvalue weighted by Gasteiger charge is -2.29. The molecule has 2 unspecified atom stereocenters. The van der Waals surface area contributed by atoms with E-state index in [1.165, 1.54) is 6.07 Å². The number of ether oxygens (including phenoxy) is 6. The molecule has 1 N–H and O–H groups in total. The third-order valence-corrected chi connectivity index (χ3v) is 4.63. The molecule has 0 aliphatic carbocycles. The smallest absolute Gasteiger partial charge is 0.338 e. The lowest BCUT2D eigenvalue weighted by atomic mass is 10.0. The summed E-state index contributed by atoms with van der Waals surface area (Å²) in [5, 5.41) is 10.5. The van der Waals surface area contributed by atoms with Crippen LogP contribution in [0, 0.1) is 0 Å². The van der Waals surface area contributed by atoms with Crippen LogP contribution in [0.1, 0.15) is 27.8 Å². The number of rotatable bonds is 9. The van der Waals surface area contributed by atoms with Crippen LogP contribution in [0.15, 0.2) is 18.2 Å². The summed E-state index contributed by atoms with van der Waals surface area (Å²) in [6.45, 7) is 2.33. The highest BCUT2D eigenvalue weighted by Gasteiger charge is 2.28. The van der Waals surface area contributed by atoms with Gasteiger partial charge < -0.3 is 33.5 Å². The fourth-order valence-corrected chi connectivity index (χ4v) is 2.72. The van der Waals surface area contributed by atoms with Gasteiger partial charge in [-0.3, -0.25) is 4.79 Å². The van der Waals surface area contributed by atoms with Crippen LogP contribution in [0.3, 0.4) is 0 Å². The van der Waals surface area contributed by atoms with Gasteiger partial charge >= 0.3 is 11.9 Å². The average Bonchev–Trinajstić information content (AvgIpc) is 3.44. The lowest BCUT2D eigenvalue weighted by molar-refractivity contribution is -0.214. The van der Waals surface area contributed by atoms with Gasteiger partial charge in [-0.25, -0.2) is 4.79 Å². The Labute approximate surface area is 161 Å². The molecule has 4 rings (SSSR count). The number of esters is 2. The topological polar surface area (TPSA) is 113 Å². The van der Waals surface area contributed by atoms with Gasteiger partial charge in [0.15, 0.2) is 6.29 Å². The van der Waals surface area contributed by atoms with Gasteiger partial charge in [-0.1, -0.05) is 6.07 Å². The van der Waals surface area contributed by atoms with Crippen molar-refractivity contribution in [2.45, 2.75) is 31.0 Å². The molecule has 0 saturated carbocycles. The molecule has 3 fully saturated rings. The average molecular weight is 394 g/mol. The fraction of sp³-hybridized carbons (Fsp3) is 0.579. The van der Waals surface area contributed by atoms with Gasteiger partial charge in [-0.05, 0) is 17.7 Å². The van der Waals surface area contributed by atoms with Crippen molar-refractivity contribution in [1.29, 1.82) is 0 Å². The van der Waals surface area contributed by atoms with Gasteiger partial charge in [0.25, 0.3) is 0 Å². The Balaban J connectivity index is 1.47. The van der Waals surface area contributed by atoms with E-state index in [1.54, 1.807) is 12.1 Å². The summed E-state index contributed by atoms with van der Waals surface area (Å²) in [7, 11) is 0. The molecule has 152 valence electrons. The Bertz CT molecular complexity index is 722. The Morgan fingerprint density at radius 3 is 2.43 bits per heavy atom. The van der Waals surface area contributed by atoms with Gasteiger partial charge in [0.2, 0.25) is 0 Å². The van der Waals surface area contributed by atoms with Gasteiger partial charge in [-0.15, -0.1) is 0 Å². The van der Waals surface area contributed by atoms with E-state index in [4.69, 9.17) is 28.4 Å². The van der Waals surface area contributed by atoms with Crippen LogP contribution in [-0.2, 0) is 39.6 Å². The maximum atomic E-state index is 12.3. The third kappa shape index (κ3) is 4.86. The lowest BCUT2D eigenvalue weighted by Crippen LogP contribution is -2.38. The summed E-state index contributed by atoms with van der Waals surface area (Å²) in [4.78, 5) is 24.4. The van der Waals surface area contributed by atoms with E-state index in [0.29, 0.717) is 44.2 Å². The SMILES string of the molecule is O=C(Cc1ccc(C(=O)OC2COC2)cc1C(O)OC1COC1)OCC1CO1. The van der Waals surface area contributed by atoms with E-state index in [9.17, 15) is 14.7 Å². The summed E-state index contributed by atoms with van der Waals surface area (Å²) in [5.74, 6) is -0.966. The normalized spacial score (nSPS) is 22.7. The zero-order valence-electron chi connectivity index (χ0n) is 15.2. The Hall–Kier alpha value is -2.04. The summed E-state index contributed by atoms with van der Waals surface area (Å²) < 4.78 is 31.0. The van der Waals surface area contributed by atoms with Crippen LogP contribution in [0.5, 0.6) is 0 Å². The molecule has 28 heavy (non-hydrogen) atoms. The molecular formula is C19H22O9.